The molecule has 2 heterocycles. The quantitative estimate of drug-likeness (QED) is 0.0686. The molecule has 0 spiro atoms. The summed E-state index contributed by atoms with van der Waals surface area (Å²) in [7, 11) is 0. The van der Waals surface area contributed by atoms with Crippen LogP contribution in [-0.4, -0.2) is 60.6 Å². The lowest BCUT2D eigenvalue weighted by Gasteiger charge is -2.43. The number of carbonyl (C=O) groups is 5. The van der Waals surface area contributed by atoms with E-state index in [0.29, 0.717) is 24.2 Å². The SMILES string of the molecule is CCCCCC(=O)Oc1ccc(-c2coc3c(OC(=O)CCCCC)c(O[C@@H]4O[C@@H](C)[C@H](OC(C)=O)[C@@H](OC(C)=O)[C@H]4OC(C)=O)ccc3c2=O)cc1. The second kappa shape index (κ2) is 19.0. The lowest BCUT2D eigenvalue weighted by Crippen LogP contribution is -2.62. The summed E-state index contributed by atoms with van der Waals surface area (Å²) in [5.74, 6) is -3.21. The summed E-state index contributed by atoms with van der Waals surface area (Å²) in [5.41, 5.74) is 0.106. The molecule has 3 aromatic rings. The van der Waals surface area contributed by atoms with Gasteiger partial charge in [0.1, 0.15) is 12.0 Å². The third-order valence-corrected chi connectivity index (χ3v) is 8.32. The van der Waals surface area contributed by atoms with Crippen molar-refractivity contribution in [1.82, 2.24) is 0 Å². The van der Waals surface area contributed by atoms with E-state index in [0.717, 1.165) is 46.0 Å². The fourth-order valence-corrected chi connectivity index (χ4v) is 5.82. The zero-order chi connectivity index (χ0) is 38.7. The van der Waals surface area contributed by atoms with Gasteiger partial charge >= 0.3 is 29.8 Å². The van der Waals surface area contributed by atoms with Gasteiger partial charge in [-0.3, -0.25) is 28.8 Å². The number of unbranched alkanes of at least 4 members (excludes halogenated alkanes) is 4. The zero-order valence-corrected chi connectivity index (χ0v) is 30.8. The van der Waals surface area contributed by atoms with Crippen LogP contribution in [0.3, 0.4) is 0 Å². The number of hydrogen-bond acceptors (Lipinski definition) is 14. The molecule has 1 aliphatic rings. The van der Waals surface area contributed by atoms with Crippen LogP contribution in [0, 0.1) is 0 Å². The Morgan fingerprint density at radius 2 is 1.26 bits per heavy atom. The van der Waals surface area contributed by atoms with Gasteiger partial charge in [0, 0.05) is 33.6 Å². The molecule has 4 rings (SSSR count). The number of carbonyl (C=O) groups excluding carboxylic acids is 5. The molecule has 0 unspecified atom stereocenters. The van der Waals surface area contributed by atoms with E-state index in [9.17, 15) is 28.8 Å². The third-order valence-electron chi connectivity index (χ3n) is 8.32. The molecular formula is C39H46O14. The highest BCUT2D eigenvalue weighted by Gasteiger charge is 2.52. The first-order chi connectivity index (χ1) is 25.3. The normalized spacial score (nSPS) is 19.5. The summed E-state index contributed by atoms with van der Waals surface area (Å²) in [6.45, 7) is 9.01. The van der Waals surface area contributed by atoms with Crippen LogP contribution in [0.5, 0.6) is 17.2 Å². The van der Waals surface area contributed by atoms with Crippen LogP contribution in [0.4, 0.5) is 0 Å². The first-order valence-corrected chi connectivity index (χ1v) is 17.8. The first-order valence-electron chi connectivity index (χ1n) is 17.8. The molecular weight excluding hydrogens is 692 g/mol. The Hall–Kier alpha value is -5.24. The van der Waals surface area contributed by atoms with Gasteiger partial charge in [-0.2, -0.15) is 0 Å². The van der Waals surface area contributed by atoms with Crippen molar-refractivity contribution in [2.45, 2.75) is 124 Å². The number of esters is 5. The Kier molecular flexibility index (Phi) is 14.5. The standard InChI is InChI=1S/C39H46O14/c1-7-9-11-13-31(43)51-27-17-15-26(16-18-27)29-21-46-35-28(33(29)45)19-20-30(36(35)53-32(44)14-12-10-8-2)52-39-38(50-25(6)42)37(49-24(5)41)34(22(3)47-39)48-23(4)40/h15-22,34,37-39H,7-14H2,1-6H3/t22-,34-,37+,38+,39-/m0/s1. The van der Waals surface area contributed by atoms with Crippen molar-refractivity contribution in [2.75, 3.05) is 0 Å². The molecule has 5 atom stereocenters. The number of benzene rings is 2. The van der Waals surface area contributed by atoms with Crippen molar-refractivity contribution >= 4 is 40.8 Å². The Labute approximate surface area is 306 Å². The second-order valence-electron chi connectivity index (χ2n) is 12.7. The summed E-state index contributed by atoms with van der Waals surface area (Å²) in [6, 6.07) is 9.19. The Morgan fingerprint density at radius 1 is 0.698 bits per heavy atom. The van der Waals surface area contributed by atoms with Gasteiger partial charge in [0.2, 0.25) is 23.6 Å². The topological polar surface area (TPSA) is 180 Å². The van der Waals surface area contributed by atoms with Crippen LogP contribution in [-0.2, 0) is 42.9 Å². The molecule has 0 aliphatic carbocycles. The van der Waals surface area contributed by atoms with Gasteiger partial charge in [-0.1, -0.05) is 51.7 Å². The van der Waals surface area contributed by atoms with Gasteiger partial charge in [0.25, 0.3) is 0 Å². The van der Waals surface area contributed by atoms with E-state index in [-0.39, 0.29) is 40.4 Å². The van der Waals surface area contributed by atoms with E-state index >= 15 is 0 Å². The predicted octanol–water partition coefficient (Wildman–Crippen LogP) is 6.35. The fraction of sp³-hybridized carbons (Fsp3) is 0.487. The summed E-state index contributed by atoms with van der Waals surface area (Å²) in [4.78, 5) is 75.4. The Bertz CT molecular complexity index is 1830. The highest BCUT2D eigenvalue weighted by atomic mass is 16.7. The van der Waals surface area contributed by atoms with Crippen LogP contribution >= 0.6 is 0 Å². The van der Waals surface area contributed by atoms with E-state index in [1.807, 2.05) is 13.8 Å². The van der Waals surface area contributed by atoms with Crippen LogP contribution in [0.2, 0.25) is 0 Å². The molecule has 1 aromatic heterocycles. The van der Waals surface area contributed by atoms with Crippen molar-refractivity contribution in [3.05, 3.63) is 52.9 Å². The van der Waals surface area contributed by atoms with Crippen LogP contribution < -0.4 is 19.6 Å². The zero-order valence-electron chi connectivity index (χ0n) is 30.8. The van der Waals surface area contributed by atoms with Crippen molar-refractivity contribution in [3.63, 3.8) is 0 Å². The molecule has 0 saturated carbocycles. The smallest absolute Gasteiger partial charge is 0.311 e. The van der Waals surface area contributed by atoms with Gasteiger partial charge < -0.3 is 37.6 Å². The molecule has 0 N–H and O–H groups in total. The molecule has 0 radical (unpaired) electrons. The monoisotopic (exact) mass is 738 g/mol. The first kappa shape index (κ1) is 40.5. The second-order valence-corrected chi connectivity index (χ2v) is 12.7. The highest BCUT2D eigenvalue weighted by molar-refractivity contribution is 5.90. The summed E-state index contributed by atoms with van der Waals surface area (Å²) in [6.07, 6.45) is 0.0459. The fourth-order valence-electron chi connectivity index (χ4n) is 5.82. The van der Waals surface area contributed by atoms with Crippen LogP contribution in [0.1, 0.15) is 92.9 Å². The maximum atomic E-state index is 13.9. The average molecular weight is 739 g/mol. The predicted molar refractivity (Wildman–Crippen MR) is 189 cm³/mol. The van der Waals surface area contributed by atoms with Crippen LogP contribution in [0.15, 0.2) is 51.9 Å². The van der Waals surface area contributed by atoms with E-state index < -0.39 is 60.0 Å². The van der Waals surface area contributed by atoms with Gasteiger partial charge in [-0.05, 0) is 49.6 Å². The lowest BCUT2D eigenvalue weighted by molar-refractivity contribution is -0.280. The van der Waals surface area contributed by atoms with Gasteiger partial charge in [-0.15, -0.1) is 0 Å². The number of ether oxygens (including phenoxy) is 7. The lowest BCUT2D eigenvalue weighted by atomic mass is 9.98. The summed E-state index contributed by atoms with van der Waals surface area (Å²) in [5, 5.41) is 0.0554. The van der Waals surface area contributed by atoms with E-state index in [4.69, 9.17) is 37.6 Å². The largest absolute Gasteiger partial charge is 0.459 e. The maximum Gasteiger partial charge on any atom is 0.311 e. The molecule has 286 valence electrons. The third kappa shape index (κ3) is 10.9. The van der Waals surface area contributed by atoms with Crippen LogP contribution in [0.25, 0.3) is 22.1 Å². The molecule has 0 bridgehead atoms. The minimum Gasteiger partial charge on any atom is -0.459 e. The number of hydrogen-bond donors (Lipinski definition) is 0. The Morgan fingerprint density at radius 3 is 1.85 bits per heavy atom. The summed E-state index contributed by atoms with van der Waals surface area (Å²) < 4.78 is 45.7. The Balaban J connectivity index is 1.73. The molecule has 14 nitrogen and oxygen atoms in total. The minimum atomic E-state index is -1.48. The highest BCUT2D eigenvalue weighted by Crippen LogP contribution is 2.39. The molecule has 53 heavy (non-hydrogen) atoms. The van der Waals surface area contributed by atoms with E-state index in [1.165, 1.54) is 25.3 Å². The van der Waals surface area contributed by atoms with Crippen molar-refractivity contribution in [2.24, 2.45) is 0 Å². The molecule has 0 amide bonds. The van der Waals surface area contributed by atoms with Crippen molar-refractivity contribution in [1.29, 1.82) is 0 Å². The average Bonchev–Trinajstić information content (AvgIpc) is 3.09. The van der Waals surface area contributed by atoms with Crippen molar-refractivity contribution < 1.29 is 61.5 Å². The van der Waals surface area contributed by atoms with Gasteiger partial charge in [0.15, 0.2) is 23.5 Å². The van der Waals surface area contributed by atoms with Gasteiger partial charge in [-0.25, -0.2) is 0 Å². The minimum absolute atomic E-state index is 0.0554. The number of rotatable bonds is 16. The van der Waals surface area contributed by atoms with Gasteiger partial charge in [0.05, 0.1) is 17.1 Å². The molecule has 2 aromatic carbocycles. The molecule has 1 aliphatic heterocycles. The maximum absolute atomic E-state index is 13.9. The summed E-state index contributed by atoms with van der Waals surface area (Å²) >= 11 is 0. The number of fused-ring (bicyclic) bond motifs is 1. The van der Waals surface area contributed by atoms with Crippen molar-refractivity contribution in [3.8, 4) is 28.4 Å². The molecule has 1 fully saturated rings. The molecule has 1 saturated heterocycles. The van der Waals surface area contributed by atoms with E-state index in [1.54, 1.807) is 31.2 Å². The molecule has 14 heteroatoms. The van der Waals surface area contributed by atoms with E-state index in [2.05, 4.69) is 0 Å².